The van der Waals surface area contributed by atoms with Crippen molar-refractivity contribution in [1.29, 1.82) is 0 Å². The smallest absolute Gasteiger partial charge is 0.271 e. The van der Waals surface area contributed by atoms with E-state index in [4.69, 9.17) is 0 Å². The van der Waals surface area contributed by atoms with E-state index in [2.05, 4.69) is 4.99 Å². The number of aromatic nitrogens is 1. The number of benzene rings is 2. The molecule has 0 saturated carbocycles. The Bertz CT molecular complexity index is 1010. The van der Waals surface area contributed by atoms with Crippen molar-refractivity contribution in [3.05, 3.63) is 81.4 Å². The lowest BCUT2D eigenvalue weighted by Gasteiger charge is -2.09. The van der Waals surface area contributed by atoms with Gasteiger partial charge < -0.3 is 9.67 Å². The lowest BCUT2D eigenvalue weighted by molar-refractivity contribution is -0.384. The number of aliphatic imine (C=N–C) groups is 1. The van der Waals surface area contributed by atoms with Crippen LogP contribution in [0.4, 0.5) is 15.8 Å². The first-order chi connectivity index (χ1) is 12.4. The highest BCUT2D eigenvalue weighted by Crippen LogP contribution is 2.30. The molecular formula is C19H16FN3O3. The van der Waals surface area contributed by atoms with Crippen molar-refractivity contribution in [3.63, 3.8) is 0 Å². The zero-order valence-electron chi connectivity index (χ0n) is 14.2. The molecule has 2 aromatic carbocycles. The molecule has 0 saturated heterocycles. The van der Waals surface area contributed by atoms with Crippen molar-refractivity contribution >= 4 is 17.6 Å². The average Bonchev–Trinajstić information content (AvgIpc) is 2.89. The van der Waals surface area contributed by atoms with Gasteiger partial charge in [0, 0.05) is 41.0 Å². The standard InChI is InChI=1S/C19H16FN3O3/c1-12-9-14(13(2)22(12)16-5-3-15(20)4-6-16)11-21-18-10-17(23(25)26)7-8-19(18)24/h3-11,24H,1-2H3. The van der Waals surface area contributed by atoms with Crippen LogP contribution < -0.4 is 0 Å². The van der Waals surface area contributed by atoms with Gasteiger partial charge in [-0.1, -0.05) is 0 Å². The van der Waals surface area contributed by atoms with Gasteiger partial charge in [-0.2, -0.15) is 0 Å². The Morgan fingerprint density at radius 1 is 1.15 bits per heavy atom. The Morgan fingerprint density at radius 2 is 1.85 bits per heavy atom. The highest BCUT2D eigenvalue weighted by Gasteiger charge is 2.11. The minimum Gasteiger partial charge on any atom is -0.506 e. The second kappa shape index (κ2) is 6.79. The molecule has 1 N–H and O–H groups in total. The number of aromatic hydroxyl groups is 1. The molecule has 3 aromatic rings. The number of nitrogens with zero attached hydrogens (tertiary/aromatic N) is 3. The number of hydrogen-bond donors (Lipinski definition) is 1. The number of phenolic OH excluding ortho intramolecular Hbond substituents is 1. The van der Waals surface area contributed by atoms with Gasteiger partial charge in [-0.25, -0.2) is 4.39 Å². The monoisotopic (exact) mass is 353 g/mol. The van der Waals surface area contributed by atoms with E-state index in [0.717, 1.165) is 22.6 Å². The van der Waals surface area contributed by atoms with Gasteiger partial charge in [0.05, 0.1) is 4.92 Å². The summed E-state index contributed by atoms with van der Waals surface area (Å²) in [7, 11) is 0. The van der Waals surface area contributed by atoms with Crippen LogP contribution in [0.2, 0.25) is 0 Å². The quantitative estimate of drug-likeness (QED) is 0.423. The number of phenols is 1. The maximum absolute atomic E-state index is 13.1. The average molecular weight is 353 g/mol. The summed E-state index contributed by atoms with van der Waals surface area (Å²) in [6, 6.07) is 11.7. The first-order valence-corrected chi connectivity index (χ1v) is 7.83. The number of nitro benzene ring substituents is 1. The molecule has 0 aliphatic rings. The van der Waals surface area contributed by atoms with Crippen molar-refractivity contribution in [2.45, 2.75) is 13.8 Å². The third-order valence-electron chi connectivity index (χ3n) is 4.07. The minimum atomic E-state index is -0.543. The summed E-state index contributed by atoms with van der Waals surface area (Å²) in [5, 5.41) is 20.7. The second-order valence-corrected chi connectivity index (χ2v) is 5.83. The number of non-ortho nitro benzene ring substituents is 1. The van der Waals surface area contributed by atoms with Gasteiger partial charge in [0.2, 0.25) is 0 Å². The molecule has 0 aliphatic heterocycles. The van der Waals surface area contributed by atoms with Gasteiger partial charge in [0.1, 0.15) is 17.3 Å². The number of rotatable bonds is 4. The van der Waals surface area contributed by atoms with Crippen molar-refractivity contribution in [3.8, 4) is 11.4 Å². The summed E-state index contributed by atoms with van der Waals surface area (Å²) in [6.45, 7) is 3.81. The zero-order valence-corrected chi connectivity index (χ0v) is 14.2. The summed E-state index contributed by atoms with van der Waals surface area (Å²) in [4.78, 5) is 14.5. The van der Waals surface area contributed by atoms with Crippen LogP contribution in [0.25, 0.3) is 5.69 Å². The molecule has 0 fully saturated rings. The highest BCUT2D eigenvalue weighted by atomic mass is 19.1. The summed E-state index contributed by atoms with van der Waals surface area (Å²) in [5.41, 5.74) is 3.39. The predicted octanol–water partition coefficient (Wildman–Crippen LogP) is 4.60. The third kappa shape index (κ3) is 3.32. The van der Waals surface area contributed by atoms with E-state index in [0.29, 0.717) is 0 Å². The molecule has 0 aliphatic carbocycles. The van der Waals surface area contributed by atoms with Crippen molar-refractivity contribution in [2.75, 3.05) is 0 Å². The maximum Gasteiger partial charge on any atom is 0.271 e. The zero-order chi connectivity index (χ0) is 18.8. The Hall–Kier alpha value is -3.48. The third-order valence-corrected chi connectivity index (χ3v) is 4.07. The van der Waals surface area contributed by atoms with Gasteiger partial charge in [-0.3, -0.25) is 15.1 Å². The largest absolute Gasteiger partial charge is 0.506 e. The summed E-state index contributed by atoms with van der Waals surface area (Å²) in [5.74, 6) is -0.446. The molecule has 0 spiro atoms. The molecule has 26 heavy (non-hydrogen) atoms. The Kier molecular flexibility index (Phi) is 4.53. The molecule has 6 nitrogen and oxygen atoms in total. The Labute approximate surface area is 149 Å². The summed E-state index contributed by atoms with van der Waals surface area (Å²) >= 11 is 0. The lowest BCUT2D eigenvalue weighted by atomic mass is 10.2. The lowest BCUT2D eigenvalue weighted by Crippen LogP contribution is -1.99. The van der Waals surface area contributed by atoms with Crippen LogP contribution in [-0.2, 0) is 0 Å². The molecule has 0 unspecified atom stereocenters. The molecule has 7 heteroatoms. The second-order valence-electron chi connectivity index (χ2n) is 5.83. The molecule has 0 radical (unpaired) electrons. The highest BCUT2D eigenvalue weighted by molar-refractivity contribution is 5.85. The van der Waals surface area contributed by atoms with E-state index in [9.17, 15) is 19.6 Å². The number of hydrogen-bond acceptors (Lipinski definition) is 4. The first kappa shape index (κ1) is 17.3. The Balaban J connectivity index is 1.98. The van der Waals surface area contributed by atoms with Crippen LogP contribution >= 0.6 is 0 Å². The summed E-state index contributed by atoms with van der Waals surface area (Å²) in [6.07, 6.45) is 1.54. The van der Waals surface area contributed by atoms with Gasteiger partial charge in [0.25, 0.3) is 5.69 Å². The molecular weight excluding hydrogens is 337 g/mol. The van der Waals surface area contributed by atoms with Gasteiger partial charge in [0.15, 0.2) is 0 Å². The van der Waals surface area contributed by atoms with Crippen LogP contribution in [0.3, 0.4) is 0 Å². The normalized spacial score (nSPS) is 11.2. The van der Waals surface area contributed by atoms with E-state index in [1.165, 1.54) is 30.3 Å². The predicted molar refractivity (Wildman–Crippen MR) is 97.2 cm³/mol. The molecule has 0 amide bonds. The molecule has 0 atom stereocenters. The molecule has 132 valence electrons. The van der Waals surface area contributed by atoms with E-state index in [1.807, 2.05) is 24.5 Å². The van der Waals surface area contributed by atoms with Gasteiger partial charge in [-0.05, 0) is 50.2 Å². The fourth-order valence-electron chi connectivity index (χ4n) is 2.77. The van der Waals surface area contributed by atoms with Crippen molar-refractivity contribution in [1.82, 2.24) is 4.57 Å². The molecule has 1 aromatic heterocycles. The van der Waals surface area contributed by atoms with Crippen LogP contribution in [0.15, 0.2) is 53.5 Å². The minimum absolute atomic E-state index is 0.116. The topological polar surface area (TPSA) is 80.7 Å². The number of nitro groups is 1. The SMILES string of the molecule is Cc1cc(C=Nc2cc([N+](=O)[O-])ccc2O)c(C)n1-c1ccc(F)cc1. The first-order valence-electron chi connectivity index (χ1n) is 7.83. The Morgan fingerprint density at radius 3 is 2.50 bits per heavy atom. The van der Waals surface area contributed by atoms with E-state index in [1.54, 1.807) is 18.3 Å². The van der Waals surface area contributed by atoms with E-state index < -0.39 is 4.92 Å². The van der Waals surface area contributed by atoms with Crippen molar-refractivity contribution < 1.29 is 14.4 Å². The van der Waals surface area contributed by atoms with Gasteiger partial charge >= 0.3 is 0 Å². The van der Waals surface area contributed by atoms with Crippen LogP contribution in [-0.4, -0.2) is 20.8 Å². The summed E-state index contributed by atoms with van der Waals surface area (Å²) < 4.78 is 15.1. The number of aryl methyl sites for hydroxylation is 1. The maximum atomic E-state index is 13.1. The van der Waals surface area contributed by atoms with E-state index >= 15 is 0 Å². The molecule has 0 bridgehead atoms. The van der Waals surface area contributed by atoms with E-state index in [-0.39, 0.29) is 22.9 Å². The van der Waals surface area contributed by atoms with Crippen LogP contribution in [0, 0.1) is 29.8 Å². The number of halogens is 1. The van der Waals surface area contributed by atoms with Crippen LogP contribution in [0.1, 0.15) is 17.0 Å². The molecule has 1 heterocycles. The fraction of sp³-hybridized carbons (Fsp3) is 0.105. The van der Waals surface area contributed by atoms with Crippen molar-refractivity contribution in [2.24, 2.45) is 4.99 Å². The van der Waals surface area contributed by atoms with Crippen LogP contribution in [0.5, 0.6) is 5.75 Å². The molecule has 3 rings (SSSR count). The van der Waals surface area contributed by atoms with Gasteiger partial charge in [-0.15, -0.1) is 0 Å². The fourth-order valence-corrected chi connectivity index (χ4v) is 2.77.